The van der Waals surface area contributed by atoms with Gasteiger partial charge in [-0.15, -0.1) is 0 Å². The normalized spacial score (nSPS) is 12.5. The number of unbranched alkanes of at least 4 members (excludes halogenated alkanes) is 25. The van der Waals surface area contributed by atoms with Gasteiger partial charge in [0.25, 0.3) is 0 Å². The first-order valence-corrected chi connectivity index (χ1v) is 25.3. The molecule has 60 heavy (non-hydrogen) atoms. The van der Waals surface area contributed by atoms with Gasteiger partial charge in [0.2, 0.25) is 0 Å². The highest BCUT2D eigenvalue weighted by Crippen LogP contribution is 2.14. The Kier molecular flexibility index (Phi) is 46.4. The summed E-state index contributed by atoms with van der Waals surface area (Å²) in [6.07, 6.45) is 59.2. The van der Waals surface area contributed by atoms with E-state index in [-0.39, 0.29) is 31.1 Å². The summed E-state index contributed by atoms with van der Waals surface area (Å²) in [5, 5.41) is 0. The van der Waals surface area contributed by atoms with Crippen molar-refractivity contribution in [3.05, 3.63) is 60.8 Å². The minimum Gasteiger partial charge on any atom is -0.462 e. The molecule has 0 saturated carbocycles. The predicted octanol–water partition coefficient (Wildman–Crippen LogP) is 16.5. The number of carbonyl (C=O) groups is 3. The lowest BCUT2D eigenvalue weighted by molar-refractivity contribution is -0.167. The zero-order valence-corrected chi connectivity index (χ0v) is 39.5. The highest BCUT2D eigenvalue weighted by Gasteiger charge is 2.19. The molecule has 0 N–H and O–H groups in total. The molecule has 1 atom stereocenters. The van der Waals surface area contributed by atoms with Crippen LogP contribution < -0.4 is 0 Å². The van der Waals surface area contributed by atoms with Crippen molar-refractivity contribution in [2.24, 2.45) is 0 Å². The van der Waals surface area contributed by atoms with E-state index in [1.165, 1.54) is 109 Å². The maximum Gasteiger partial charge on any atom is 0.306 e. The predicted molar refractivity (Wildman–Crippen MR) is 256 cm³/mol. The van der Waals surface area contributed by atoms with E-state index < -0.39 is 6.10 Å². The molecule has 0 aromatic carbocycles. The van der Waals surface area contributed by atoms with Crippen molar-refractivity contribution in [2.45, 2.75) is 252 Å². The molecule has 0 spiro atoms. The van der Waals surface area contributed by atoms with Crippen LogP contribution in [0.5, 0.6) is 0 Å². The largest absolute Gasteiger partial charge is 0.462 e. The first-order valence-electron chi connectivity index (χ1n) is 25.3. The van der Waals surface area contributed by atoms with Gasteiger partial charge in [-0.05, 0) is 96.3 Å². The molecule has 6 nitrogen and oxygen atoms in total. The lowest BCUT2D eigenvalue weighted by Gasteiger charge is -2.18. The van der Waals surface area contributed by atoms with Gasteiger partial charge in [0, 0.05) is 19.3 Å². The van der Waals surface area contributed by atoms with Gasteiger partial charge in [0.15, 0.2) is 6.10 Å². The Labute approximate surface area is 370 Å². The van der Waals surface area contributed by atoms with E-state index >= 15 is 0 Å². The minimum atomic E-state index is -0.791. The Bertz CT molecular complexity index is 1100. The van der Waals surface area contributed by atoms with Crippen LogP contribution >= 0.6 is 0 Å². The Hall–Kier alpha value is -2.89. The molecule has 1 unspecified atom stereocenters. The van der Waals surface area contributed by atoms with Crippen LogP contribution in [-0.4, -0.2) is 37.2 Å². The van der Waals surface area contributed by atoms with Crippen molar-refractivity contribution in [3.8, 4) is 0 Å². The van der Waals surface area contributed by atoms with E-state index in [2.05, 4.69) is 81.5 Å². The lowest BCUT2D eigenvalue weighted by Crippen LogP contribution is -2.30. The van der Waals surface area contributed by atoms with Gasteiger partial charge in [-0.3, -0.25) is 14.4 Å². The van der Waals surface area contributed by atoms with Crippen LogP contribution in [0, 0.1) is 0 Å². The molecule has 0 radical (unpaired) electrons. The SMILES string of the molecule is CC/C=C\C/C=C\CCCCCCCCCC(=O)OC(COC(=O)CCCCC/C=C\C=C/CCCCCCCCC)COC(=O)CCCCCCC/C=C\CCCCC. The van der Waals surface area contributed by atoms with Gasteiger partial charge in [0.05, 0.1) is 0 Å². The topological polar surface area (TPSA) is 78.9 Å². The first-order chi connectivity index (χ1) is 29.5. The highest BCUT2D eigenvalue weighted by atomic mass is 16.6. The molecule has 0 bridgehead atoms. The van der Waals surface area contributed by atoms with Crippen molar-refractivity contribution >= 4 is 17.9 Å². The molecular formula is C54H94O6. The van der Waals surface area contributed by atoms with Gasteiger partial charge in [-0.2, -0.15) is 0 Å². The second-order valence-corrected chi connectivity index (χ2v) is 16.7. The number of hydrogen-bond acceptors (Lipinski definition) is 6. The molecule has 346 valence electrons. The number of hydrogen-bond donors (Lipinski definition) is 0. The van der Waals surface area contributed by atoms with E-state index in [9.17, 15) is 14.4 Å². The van der Waals surface area contributed by atoms with E-state index in [0.717, 1.165) is 96.3 Å². The van der Waals surface area contributed by atoms with Gasteiger partial charge < -0.3 is 14.2 Å². The maximum absolute atomic E-state index is 12.8. The molecule has 0 rings (SSSR count). The van der Waals surface area contributed by atoms with Crippen LogP contribution in [0.15, 0.2) is 60.8 Å². The summed E-state index contributed by atoms with van der Waals surface area (Å²) in [5.74, 6) is -0.933. The average molecular weight is 839 g/mol. The molecule has 6 heteroatoms. The van der Waals surface area contributed by atoms with Crippen LogP contribution in [0.25, 0.3) is 0 Å². The minimum absolute atomic E-state index is 0.0904. The fourth-order valence-corrected chi connectivity index (χ4v) is 6.93. The summed E-state index contributed by atoms with van der Waals surface area (Å²) in [7, 11) is 0. The Morgan fingerprint density at radius 2 is 0.700 bits per heavy atom. The first kappa shape index (κ1) is 57.1. The molecule has 0 saturated heterocycles. The van der Waals surface area contributed by atoms with Crippen LogP contribution in [-0.2, 0) is 28.6 Å². The van der Waals surface area contributed by atoms with Crippen molar-refractivity contribution in [3.63, 3.8) is 0 Å². The molecular weight excluding hydrogens is 745 g/mol. The van der Waals surface area contributed by atoms with Gasteiger partial charge in [-0.25, -0.2) is 0 Å². The third-order valence-electron chi connectivity index (χ3n) is 10.8. The smallest absolute Gasteiger partial charge is 0.306 e. The van der Waals surface area contributed by atoms with Gasteiger partial charge >= 0.3 is 17.9 Å². The summed E-state index contributed by atoms with van der Waals surface area (Å²) in [6, 6.07) is 0. The molecule has 0 aromatic rings. The Morgan fingerprint density at radius 3 is 1.17 bits per heavy atom. The number of carbonyl (C=O) groups excluding carboxylic acids is 3. The summed E-state index contributed by atoms with van der Waals surface area (Å²) < 4.78 is 16.7. The van der Waals surface area contributed by atoms with Crippen LogP contribution in [0.2, 0.25) is 0 Å². The number of allylic oxidation sites excluding steroid dienone is 10. The van der Waals surface area contributed by atoms with E-state index in [4.69, 9.17) is 14.2 Å². The summed E-state index contributed by atoms with van der Waals surface area (Å²) >= 11 is 0. The maximum atomic E-state index is 12.8. The molecule has 0 fully saturated rings. The Morgan fingerprint density at radius 1 is 0.367 bits per heavy atom. The monoisotopic (exact) mass is 839 g/mol. The number of esters is 3. The van der Waals surface area contributed by atoms with Crippen molar-refractivity contribution in [2.75, 3.05) is 13.2 Å². The summed E-state index contributed by atoms with van der Waals surface area (Å²) in [4.78, 5) is 37.9. The lowest BCUT2D eigenvalue weighted by atomic mass is 10.1. The fourth-order valence-electron chi connectivity index (χ4n) is 6.93. The average Bonchev–Trinajstić information content (AvgIpc) is 3.24. The van der Waals surface area contributed by atoms with Gasteiger partial charge in [-0.1, -0.05) is 191 Å². The van der Waals surface area contributed by atoms with Crippen molar-refractivity contribution in [1.29, 1.82) is 0 Å². The van der Waals surface area contributed by atoms with Crippen molar-refractivity contribution < 1.29 is 28.6 Å². The fraction of sp³-hybridized carbons (Fsp3) is 0.759. The summed E-state index contributed by atoms with van der Waals surface area (Å²) in [5.41, 5.74) is 0. The zero-order valence-electron chi connectivity index (χ0n) is 39.5. The number of ether oxygens (including phenoxy) is 3. The number of rotatable bonds is 45. The quantitative estimate of drug-likeness (QED) is 0.0200. The second-order valence-electron chi connectivity index (χ2n) is 16.7. The van der Waals surface area contributed by atoms with Crippen LogP contribution in [0.3, 0.4) is 0 Å². The Balaban J connectivity index is 4.43. The second kappa shape index (κ2) is 48.8. The van der Waals surface area contributed by atoms with E-state index in [1.807, 2.05) is 0 Å². The van der Waals surface area contributed by atoms with Crippen LogP contribution in [0.1, 0.15) is 245 Å². The molecule has 0 amide bonds. The highest BCUT2D eigenvalue weighted by molar-refractivity contribution is 5.71. The van der Waals surface area contributed by atoms with Crippen molar-refractivity contribution in [1.82, 2.24) is 0 Å². The third-order valence-corrected chi connectivity index (χ3v) is 10.8. The summed E-state index contributed by atoms with van der Waals surface area (Å²) in [6.45, 7) is 6.47. The molecule has 0 aliphatic heterocycles. The standard InChI is InChI=1S/C54H94O6/c1-4-7-10-13-16-19-22-25-27-28-30-32-35-38-41-44-47-53(56)59-50-51(49-58-52(55)46-43-40-37-34-31-24-21-18-15-12-9-6-3)60-54(57)48-45-42-39-36-33-29-26-23-20-17-14-11-8-5-2/h8,11,17-18,20-21,27-28,30,32,51H,4-7,9-10,12-16,19,22-26,29,31,33-50H2,1-3H3/b11-8-,20-17-,21-18-,28-27-,32-30-. The van der Waals surface area contributed by atoms with Gasteiger partial charge in [0.1, 0.15) is 13.2 Å². The van der Waals surface area contributed by atoms with Crippen LogP contribution in [0.4, 0.5) is 0 Å². The molecule has 0 heterocycles. The van der Waals surface area contributed by atoms with E-state index in [1.54, 1.807) is 0 Å². The molecule has 0 aromatic heterocycles. The van der Waals surface area contributed by atoms with E-state index in [0.29, 0.717) is 19.3 Å². The third kappa shape index (κ3) is 46.2. The zero-order chi connectivity index (χ0) is 43.7. The molecule has 0 aliphatic rings. The molecule has 0 aliphatic carbocycles.